The van der Waals surface area contributed by atoms with Gasteiger partial charge in [0.25, 0.3) is 0 Å². The first-order chi connectivity index (χ1) is 8.11. The van der Waals surface area contributed by atoms with E-state index in [1.807, 2.05) is 18.2 Å². The molecule has 4 heteroatoms. The largest absolute Gasteiger partial charge is 0.482 e. The number of carbonyl (C=O) groups is 1. The van der Waals surface area contributed by atoms with Crippen LogP contribution in [0.3, 0.4) is 0 Å². The van der Waals surface area contributed by atoms with E-state index < -0.39 is 5.97 Å². The Labute approximate surface area is 102 Å². The molecule has 4 nitrogen and oxygen atoms in total. The molecule has 0 heterocycles. The van der Waals surface area contributed by atoms with Gasteiger partial charge in [0.05, 0.1) is 0 Å². The summed E-state index contributed by atoms with van der Waals surface area (Å²) in [6.45, 7) is 3.95. The van der Waals surface area contributed by atoms with E-state index in [1.165, 1.54) is 0 Å². The van der Waals surface area contributed by atoms with Gasteiger partial charge in [-0.2, -0.15) is 0 Å². The van der Waals surface area contributed by atoms with Crippen molar-refractivity contribution < 1.29 is 14.6 Å². The lowest BCUT2D eigenvalue weighted by Crippen LogP contribution is -2.14. The summed E-state index contributed by atoms with van der Waals surface area (Å²) in [5.74, 6) is -0.399. The Bertz CT molecular complexity index is 365. The Kier molecular flexibility index (Phi) is 5.33. The number of carboxylic acids is 1. The quantitative estimate of drug-likeness (QED) is 0.765. The van der Waals surface area contributed by atoms with Crippen LogP contribution in [-0.4, -0.2) is 23.7 Å². The molecule has 0 saturated carbocycles. The van der Waals surface area contributed by atoms with E-state index in [0.717, 1.165) is 18.5 Å². The van der Waals surface area contributed by atoms with Crippen LogP contribution in [0, 0.1) is 0 Å². The van der Waals surface area contributed by atoms with Gasteiger partial charge >= 0.3 is 5.97 Å². The van der Waals surface area contributed by atoms with Crippen LogP contribution in [0.1, 0.15) is 26.7 Å². The maximum atomic E-state index is 10.4. The Hall–Kier alpha value is -1.71. The molecule has 1 atom stereocenters. The van der Waals surface area contributed by atoms with E-state index in [1.54, 1.807) is 6.07 Å². The normalized spacial score (nSPS) is 11.9. The van der Waals surface area contributed by atoms with Gasteiger partial charge in [0, 0.05) is 17.8 Å². The second-order valence-corrected chi connectivity index (χ2v) is 4.04. The zero-order chi connectivity index (χ0) is 12.7. The van der Waals surface area contributed by atoms with Crippen molar-refractivity contribution in [1.29, 1.82) is 0 Å². The molecule has 0 aliphatic carbocycles. The number of carboxylic acid groups (broad SMARTS) is 1. The van der Waals surface area contributed by atoms with E-state index in [2.05, 4.69) is 19.2 Å². The van der Waals surface area contributed by atoms with Gasteiger partial charge in [-0.3, -0.25) is 0 Å². The summed E-state index contributed by atoms with van der Waals surface area (Å²) in [6, 6.07) is 7.75. The molecule has 1 aromatic rings. The van der Waals surface area contributed by atoms with Crippen LogP contribution in [0.5, 0.6) is 5.75 Å². The fourth-order valence-corrected chi connectivity index (χ4v) is 1.61. The highest BCUT2D eigenvalue weighted by molar-refractivity contribution is 5.68. The molecular formula is C13H19NO3. The zero-order valence-corrected chi connectivity index (χ0v) is 10.3. The molecule has 1 aromatic carbocycles. The average Bonchev–Trinajstić information content (AvgIpc) is 2.27. The minimum absolute atomic E-state index is 0.312. The van der Waals surface area contributed by atoms with E-state index in [-0.39, 0.29) is 6.61 Å². The standard InChI is InChI=1S/C13H19NO3/c1-3-5-10(2)14-11-6-4-7-12(8-11)17-9-13(15)16/h4,6-8,10,14H,3,5,9H2,1-2H3,(H,15,16). The Morgan fingerprint density at radius 1 is 1.53 bits per heavy atom. The smallest absolute Gasteiger partial charge is 0.341 e. The summed E-state index contributed by atoms with van der Waals surface area (Å²) in [4.78, 5) is 10.4. The fraction of sp³-hybridized carbons (Fsp3) is 0.462. The molecule has 0 amide bonds. The van der Waals surface area contributed by atoms with Crippen molar-refractivity contribution in [2.45, 2.75) is 32.7 Å². The van der Waals surface area contributed by atoms with Gasteiger partial charge in [0.1, 0.15) is 5.75 Å². The van der Waals surface area contributed by atoms with Gasteiger partial charge in [0.15, 0.2) is 6.61 Å². The molecule has 94 valence electrons. The van der Waals surface area contributed by atoms with Gasteiger partial charge in [-0.15, -0.1) is 0 Å². The number of ether oxygens (including phenoxy) is 1. The first-order valence-electron chi connectivity index (χ1n) is 5.83. The van der Waals surface area contributed by atoms with Crippen LogP contribution in [-0.2, 0) is 4.79 Å². The minimum atomic E-state index is -0.970. The van der Waals surface area contributed by atoms with Crippen molar-refractivity contribution in [3.05, 3.63) is 24.3 Å². The molecule has 0 aromatic heterocycles. The molecule has 0 saturated heterocycles. The maximum Gasteiger partial charge on any atom is 0.341 e. The summed E-state index contributed by atoms with van der Waals surface area (Å²) in [6.07, 6.45) is 2.23. The number of benzene rings is 1. The third-order valence-electron chi connectivity index (χ3n) is 2.33. The van der Waals surface area contributed by atoms with Crippen LogP contribution in [0.4, 0.5) is 5.69 Å². The Balaban J connectivity index is 2.56. The number of hydrogen-bond donors (Lipinski definition) is 2. The number of rotatable bonds is 7. The van der Waals surface area contributed by atoms with E-state index in [4.69, 9.17) is 9.84 Å². The summed E-state index contributed by atoms with van der Waals surface area (Å²) in [5, 5.41) is 11.9. The summed E-state index contributed by atoms with van der Waals surface area (Å²) in [7, 11) is 0. The molecule has 2 N–H and O–H groups in total. The lowest BCUT2D eigenvalue weighted by Gasteiger charge is -2.15. The highest BCUT2D eigenvalue weighted by atomic mass is 16.5. The van der Waals surface area contributed by atoms with Crippen molar-refractivity contribution in [2.75, 3.05) is 11.9 Å². The molecule has 0 fully saturated rings. The number of nitrogens with one attached hydrogen (secondary N) is 1. The van der Waals surface area contributed by atoms with Gasteiger partial charge in [-0.1, -0.05) is 19.4 Å². The number of anilines is 1. The van der Waals surface area contributed by atoms with E-state index in [9.17, 15) is 4.79 Å². The van der Waals surface area contributed by atoms with E-state index in [0.29, 0.717) is 11.8 Å². The monoisotopic (exact) mass is 237 g/mol. The second kappa shape index (κ2) is 6.78. The summed E-state index contributed by atoms with van der Waals surface area (Å²) >= 11 is 0. The molecule has 0 radical (unpaired) electrons. The highest BCUT2D eigenvalue weighted by Gasteiger charge is 2.03. The van der Waals surface area contributed by atoms with Crippen LogP contribution in [0.25, 0.3) is 0 Å². The Morgan fingerprint density at radius 3 is 2.94 bits per heavy atom. The third-order valence-corrected chi connectivity index (χ3v) is 2.33. The second-order valence-electron chi connectivity index (χ2n) is 4.04. The zero-order valence-electron chi connectivity index (χ0n) is 10.3. The molecule has 1 unspecified atom stereocenters. The summed E-state index contributed by atoms with van der Waals surface area (Å²) in [5.41, 5.74) is 0.953. The topological polar surface area (TPSA) is 58.6 Å². The first kappa shape index (κ1) is 13.4. The maximum absolute atomic E-state index is 10.4. The summed E-state index contributed by atoms with van der Waals surface area (Å²) < 4.78 is 5.11. The van der Waals surface area contributed by atoms with Crippen molar-refractivity contribution in [3.63, 3.8) is 0 Å². The van der Waals surface area contributed by atoms with Gasteiger partial charge in [0.2, 0.25) is 0 Å². The number of hydrogen-bond acceptors (Lipinski definition) is 3. The predicted octanol–water partition coefficient (Wildman–Crippen LogP) is 2.75. The Morgan fingerprint density at radius 2 is 2.29 bits per heavy atom. The van der Waals surface area contributed by atoms with Crippen LogP contribution < -0.4 is 10.1 Å². The molecular weight excluding hydrogens is 218 g/mol. The molecule has 17 heavy (non-hydrogen) atoms. The fourth-order valence-electron chi connectivity index (χ4n) is 1.61. The lowest BCUT2D eigenvalue weighted by atomic mass is 10.2. The average molecular weight is 237 g/mol. The van der Waals surface area contributed by atoms with Crippen molar-refractivity contribution >= 4 is 11.7 Å². The SMILES string of the molecule is CCCC(C)Nc1cccc(OCC(=O)O)c1. The van der Waals surface area contributed by atoms with Gasteiger partial charge in [-0.25, -0.2) is 4.79 Å². The third kappa shape index (κ3) is 5.24. The van der Waals surface area contributed by atoms with Gasteiger partial charge < -0.3 is 15.2 Å². The highest BCUT2D eigenvalue weighted by Crippen LogP contribution is 2.18. The molecule has 0 spiro atoms. The van der Waals surface area contributed by atoms with Crippen LogP contribution >= 0.6 is 0 Å². The van der Waals surface area contributed by atoms with Gasteiger partial charge in [-0.05, 0) is 25.5 Å². The van der Waals surface area contributed by atoms with Crippen molar-refractivity contribution in [2.24, 2.45) is 0 Å². The van der Waals surface area contributed by atoms with Crippen LogP contribution in [0.15, 0.2) is 24.3 Å². The van der Waals surface area contributed by atoms with Crippen molar-refractivity contribution in [3.8, 4) is 5.75 Å². The van der Waals surface area contributed by atoms with E-state index >= 15 is 0 Å². The first-order valence-corrected chi connectivity index (χ1v) is 5.83. The molecule has 0 bridgehead atoms. The molecule has 0 aliphatic rings. The van der Waals surface area contributed by atoms with Crippen LogP contribution in [0.2, 0.25) is 0 Å². The predicted molar refractivity (Wildman–Crippen MR) is 67.6 cm³/mol. The molecule has 1 rings (SSSR count). The lowest BCUT2D eigenvalue weighted by molar-refractivity contribution is -0.139. The number of aliphatic carboxylic acids is 1. The molecule has 0 aliphatic heterocycles. The minimum Gasteiger partial charge on any atom is -0.482 e. The van der Waals surface area contributed by atoms with Crippen molar-refractivity contribution in [1.82, 2.24) is 0 Å².